The van der Waals surface area contributed by atoms with Gasteiger partial charge in [0, 0.05) is 4.88 Å². The van der Waals surface area contributed by atoms with E-state index in [1.54, 1.807) is 11.3 Å². The molecule has 2 aromatic rings. The number of hydrogen-bond acceptors (Lipinski definition) is 4. The Bertz CT molecular complexity index is 700. The molecule has 0 spiro atoms. The fraction of sp³-hybridized carbons (Fsp3) is 0.200. The summed E-state index contributed by atoms with van der Waals surface area (Å²) in [6, 6.07) is 5.35. The normalized spacial score (nSPS) is 10.3. The van der Waals surface area contributed by atoms with E-state index in [1.807, 2.05) is 18.4 Å². The summed E-state index contributed by atoms with van der Waals surface area (Å²) in [6.45, 7) is 2.10. The second-order valence-electron chi connectivity index (χ2n) is 4.60. The van der Waals surface area contributed by atoms with Gasteiger partial charge in [0.1, 0.15) is 11.6 Å². The van der Waals surface area contributed by atoms with Gasteiger partial charge in [-0.25, -0.2) is 4.39 Å². The van der Waals surface area contributed by atoms with Gasteiger partial charge in [-0.1, -0.05) is 0 Å². The molecule has 22 heavy (non-hydrogen) atoms. The lowest BCUT2D eigenvalue weighted by Gasteiger charge is -2.10. The Morgan fingerprint density at radius 3 is 2.77 bits per heavy atom. The molecule has 116 valence electrons. The average Bonchev–Trinajstić information content (AvgIpc) is 2.89. The van der Waals surface area contributed by atoms with Gasteiger partial charge in [-0.2, -0.15) is 0 Å². The van der Waals surface area contributed by atoms with E-state index in [2.05, 4.69) is 5.32 Å². The minimum absolute atomic E-state index is 0.0800. The third-order valence-corrected chi connectivity index (χ3v) is 4.00. The van der Waals surface area contributed by atoms with E-state index in [-0.39, 0.29) is 23.8 Å². The van der Waals surface area contributed by atoms with Gasteiger partial charge < -0.3 is 15.8 Å². The third kappa shape index (κ3) is 4.05. The molecule has 0 bridgehead atoms. The monoisotopic (exact) mass is 322 g/mol. The van der Waals surface area contributed by atoms with Crippen LogP contribution in [-0.4, -0.2) is 18.4 Å². The largest absolute Gasteiger partial charge is 0.483 e. The highest BCUT2D eigenvalue weighted by atomic mass is 32.1. The van der Waals surface area contributed by atoms with E-state index in [9.17, 15) is 14.0 Å². The first kappa shape index (κ1) is 16.0. The summed E-state index contributed by atoms with van der Waals surface area (Å²) >= 11 is 1.56. The molecule has 2 amide bonds. The molecule has 0 saturated heterocycles. The summed E-state index contributed by atoms with van der Waals surface area (Å²) in [6.07, 6.45) is 0. The molecular weight excluding hydrogens is 307 g/mol. The molecule has 0 saturated carbocycles. The SMILES string of the molecule is Cc1ccsc1CNC(=O)COc1ccc(F)cc1C(N)=O. The molecule has 0 fully saturated rings. The number of carbonyl (C=O) groups excluding carboxylic acids is 2. The van der Waals surface area contributed by atoms with Crippen molar-refractivity contribution < 1.29 is 18.7 Å². The Morgan fingerprint density at radius 1 is 1.36 bits per heavy atom. The van der Waals surface area contributed by atoms with Crippen LogP contribution < -0.4 is 15.8 Å². The Morgan fingerprint density at radius 2 is 2.14 bits per heavy atom. The zero-order valence-corrected chi connectivity index (χ0v) is 12.7. The number of nitrogens with one attached hydrogen (secondary N) is 1. The predicted octanol–water partition coefficient (Wildman–Crippen LogP) is 1.99. The van der Waals surface area contributed by atoms with Crippen molar-refractivity contribution in [1.82, 2.24) is 5.32 Å². The Kier molecular flexibility index (Phi) is 5.11. The van der Waals surface area contributed by atoms with Crippen molar-refractivity contribution in [1.29, 1.82) is 0 Å². The fourth-order valence-electron chi connectivity index (χ4n) is 1.78. The van der Waals surface area contributed by atoms with Gasteiger partial charge in [0.25, 0.3) is 11.8 Å². The highest BCUT2D eigenvalue weighted by molar-refractivity contribution is 7.10. The van der Waals surface area contributed by atoms with Gasteiger partial charge in [-0.05, 0) is 42.1 Å². The third-order valence-electron chi connectivity index (χ3n) is 2.98. The molecule has 7 heteroatoms. The molecule has 1 aromatic heterocycles. The number of ether oxygens (including phenoxy) is 1. The lowest BCUT2D eigenvalue weighted by molar-refractivity contribution is -0.123. The Balaban J connectivity index is 1.91. The van der Waals surface area contributed by atoms with Gasteiger partial charge >= 0.3 is 0 Å². The van der Waals surface area contributed by atoms with E-state index < -0.39 is 11.7 Å². The maximum atomic E-state index is 13.1. The first-order valence-electron chi connectivity index (χ1n) is 6.49. The molecule has 2 rings (SSSR count). The van der Waals surface area contributed by atoms with E-state index in [0.717, 1.165) is 22.6 Å². The highest BCUT2D eigenvalue weighted by Crippen LogP contribution is 2.19. The minimum atomic E-state index is -0.816. The van der Waals surface area contributed by atoms with Crippen LogP contribution in [-0.2, 0) is 11.3 Å². The highest BCUT2D eigenvalue weighted by Gasteiger charge is 2.12. The van der Waals surface area contributed by atoms with E-state index in [1.165, 1.54) is 6.07 Å². The number of amides is 2. The van der Waals surface area contributed by atoms with E-state index in [4.69, 9.17) is 10.5 Å². The molecule has 0 radical (unpaired) electrons. The number of aryl methyl sites for hydroxylation is 1. The number of carbonyl (C=O) groups is 2. The lowest BCUT2D eigenvalue weighted by atomic mass is 10.2. The van der Waals surface area contributed by atoms with Crippen molar-refractivity contribution in [2.75, 3.05) is 6.61 Å². The van der Waals surface area contributed by atoms with Crippen molar-refractivity contribution in [3.8, 4) is 5.75 Å². The van der Waals surface area contributed by atoms with Gasteiger partial charge in [-0.3, -0.25) is 9.59 Å². The summed E-state index contributed by atoms with van der Waals surface area (Å²) in [7, 11) is 0. The molecular formula is C15H15FN2O3S. The number of hydrogen-bond donors (Lipinski definition) is 2. The average molecular weight is 322 g/mol. The summed E-state index contributed by atoms with van der Waals surface area (Å²) in [5.41, 5.74) is 6.16. The van der Waals surface area contributed by atoms with Crippen LogP contribution in [0.3, 0.4) is 0 Å². The topological polar surface area (TPSA) is 81.4 Å². The summed E-state index contributed by atoms with van der Waals surface area (Å²) in [5, 5.41) is 4.66. The summed E-state index contributed by atoms with van der Waals surface area (Å²) in [4.78, 5) is 24.0. The van der Waals surface area contributed by atoms with E-state index in [0.29, 0.717) is 6.54 Å². The van der Waals surface area contributed by atoms with Gasteiger partial charge in [0.15, 0.2) is 6.61 Å². The second-order valence-corrected chi connectivity index (χ2v) is 5.60. The molecule has 0 aliphatic heterocycles. The van der Waals surface area contributed by atoms with Crippen LogP contribution in [0, 0.1) is 12.7 Å². The molecule has 3 N–H and O–H groups in total. The van der Waals surface area contributed by atoms with Crippen LogP contribution in [0.25, 0.3) is 0 Å². The smallest absolute Gasteiger partial charge is 0.258 e. The van der Waals surface area contributed by atoms with E-state index >= 15 is 0 Å². The van der Waals surface area contributed by atoms with Crippen LogP contribution in [0.1, 0.15) is 20.8 Å². The number of primary amides is 1. The van der Waals surface area contributed by atoms with Crippen molar-refractivity contribution in [2.45, 2.75) is 13.5 Å². The maximum absolute atomic E-state index is 13.1. The molecule has 0 unspecified atom stereocenters. The van der Waals surface area contributed by atoms with Gasteiger partial charge in [0.05, 0.1) is 12.1 Å². The first-order chi connectivity index (χ1) is 10.5. The standard InChI is InChI=1S/C15H15FN2O3S/c1-9-4-5-22-13(9)7-18-14(19)8-21-12-3-2-10(16)6-11(12)15(17)20/h2-6H,7-8H2,1H3,(H2,17,20)(H,18,19). The zero-order valence-electron chi connectivity index (χ0n) is 11.9. The number of halogens is 1. The summed E-state index contributed by atoms with van der Waals surface area (Å²) < 4.78 is 18.3. The Labute approximate surface area is 130 Å². The molecule has 0 atom stereocenters. The molecule has 1 heterocycles. The number of benzene rings is 1. The van der Waals surface area contributed by atoms with Crippen molar-refractivity contribution >= 4 is 23.2 Å². The summed E-state index contributed by atoms with van der Waals surface area (Å²) in [5.74, 6) is -1.67. The molecule has 0 aliphatic rings. The molecule has 5 nitrogen and oxygen atoms in total. The first-order valence-corrected chi connectivity index (χ1v) is 7.37. The minimum Gasteiger partial charge on any atom is -0.483 e. The fourth-order valence-corrected chi connectivity index (χ4v) is 2.62. The molecule has 0 aliphatic carbocycles. The van der Waals surface area contributed by atoms with Crippen molar-refractivity contribution in [3.63, 3.8) is 0 Å². The number of nitrogens with two attached hydrogens (primary N) is 1. The van der Waals surface area contributed by atoms with Crippen LogP contribution in [0.15, 0.2) is 29.6 Å². The van der Waals surface area contributed by atoms with Crippen LogP contribution >= 0.6 is 11.3 Å². The Hall–Kier alpha value is -2.41. The van der Waals surface area contributed by atoms with Crippen molar-refractivity contribution in [3.05, 3.63) is 51.5 Å². The molecule has 1 aromatic carbocycles. The predicted molar refractivity (Wildman–Crippen MR) is 81.3 cm³/mol. The van der Waals surface area contributed by atoms with Crippen LogP contribution in [0.2, 0.25) is 0 Å². The van der Waals surface area contributed by atoms with Crippen molar-refractivity contribution in [2.24, 2.45) is 5.73 Å². The van der Waals surface area contributed by atoms with Gasteiger partial charge in [0.2, 0.25) is 0 Å². The lowest BCUT2D eigenvalue weighted by Crippen LogP contribution is -2.28. The zero-order chi connectivity index (χ0) is 16.1. The van der Waals surface area contributed by atoms with Gasteiger partial charge in [-0.15, -0.1) is 11.3 Å². The quantitative estimate of drug-likeness (QED) is 0.853. The maximum Gasteiger partial charge on any atom is 0.258 e. The second kappa shape index (κ2) is 7.04. The number of thiophene rings is 1. The number of rotatable bonds is 6. The van der Waals surface area contributed by atoms with Crippen LogP contribution in [0.5, 0.6) is 5.75 Å². The van der Waals surface area contributed by atoms with Crippen LogP contribution in [0.4, 0.5) is 4.39 Å².